The van der Waals surface area contributed by atoms with E-state index < -0.39 is 0 Å². The Kier molecular flexibility index (Phi) is 6.24. The maximum absolute atomic E-state index is 3.67. The summed E-state index contributed by atoms with van der Waals surface area (Å²) in [6, 6.07) is 9.47. The highest BCUT2D eigenvalue weighted by Crippen LogP contribution is 2.33. The summed E-state index contributed by atoms with van der Waals surface area (Å²) in [7, 11) is 0. The van der Waals surface area contributed by atoms with Crippen molar-refractivity contribution >= 4 is 11.8 Å². The van der Waals surface area contributed by atoms with Gasteiger partial charge in [-0.2, -0.15) is 0 Å². The van der Waals surface area contributed by atoms with Crippen molar-refractivity contribution in [2.24, 2.45) is 5.41 Å². The van der Waals surface area contributed by atoms with Crippen LogP contribution in [0, 0.1) is 5.41 Å². The van der Waals surface area contributed by atoms with Crippen molar-refractivity contribution in [3.05, 3.63) is 29.8 Å². The molecule has 0 heterocycles. The lowest BCUT2D eigenvalue weighted by atomic mass is 9.82. The third-order valence-electron chi connectivity index (χ3n) is 2.99. The lowest BCUT2D eigenvalue weighted by Crippen LogP contribution is -2.32. The molecule has 0 fully saturated rings. The number of thioether (sulfide) groups is 1. The zero-order valence-electron chi connectivity index (χ0n) is 12.4. The first-order valence-corrected chi connectivity index (χ1v) is 7.93. The molecule has 0 aliphatic heterocycles. The van der Waals surface area contributed by atoms with Gasteiger partial charge in [0.25, 0.3) is 0 Å². The van der Waals surface area contributed by atoms with Gasteiger partial charge in [0.15, 0.2) is 0 Å². The molecule has 1 aromatic carbocycles. The highest BCUT2D eigenvalue weighted by Gasteiger charge is 2.25. The SMILES string of the molecule is CCCNC(c1ccc(SCC)cc1)C(C)(C)C. The van der Waals surface area contributed by atoms with Gasteiger partial charge in [-0.3, -0.25) is 0 Å². The van der Waals surface area contributed by atoms with Crippen molar-refractivity contribution in [2.75, 3.05) is 12.3 Å². The zero-order valence-corrected chi connectivity index (χ0v) is 13.2. The van der Waals surface area contributed by atoms with Gasteiger partial charge < -0.3 is 5.32 Å². The second kappa shape index (κ2) is 7.20. The third kappa shape index (κ3) is 4.66. The zero-order chi connectivity index (χ0) is 13.6. The van der Waals surface area contributed by atoms with E-state index in [2.05, 4.69) is 64.2 Å². The van der Waals surface area contributed by atoms with Gasteiger partial charge in [-0.1, -0.05) is 46.8 Å². The lowest BCUT2D eigenvalue weighted by molar-refractivity contribution is 0.273. The minimum Gasteiger partial charge on any atom is -0.309 e. The van der Waals surface area contributed by atoms with Crippen LogP contribution >= 0.6 is 11.8 Å². The van der Waals surface area contributed by atoms with Crippen LogP contribution in [-0.2, 0) is 0 Å². The summed E-state index contributed by atoms with van der Waals surface area (Å²) in [5.74, 6) is 1.14. The quantitative estimate of drug-likeness (QED) is 0.735. The summed E-state index contributed by atoms with van der Waals surface area (Å²) in [6.45, 7) is 12.4. The number of hydrogen-bond acceptors (Lipinski definition) is 2. The maximum atomic E-state index is 3.67. The van der Waals surface area contributed by atoms with Gasteiger partial charge in [0, 0.05) is 10.9 Å². The summed E-state index contributed by atoms with van der Waals surface area (Å²) in [6.07, 6.45) is 1.18. The minimum atomic E-state index is 0.245. The Bertz CT molecular complexity index is 337. The molecule has 0 aromatic heterocycles. The minimum absolute atomic E-state index is 0.245. The highest BCUT2D eigenvalue weighted by molar-refractivity contribution is 7.99. The fourth-order valence-corrected chi connectivity index (χ4v) is 2.80. The molecule has 1 nitrogen and oxygen atoms in total. The first kappa shape index (κ1) is 15.6. The van der Waals surface area contributed by atoms with Crippen LogP contribution in [-0.4, -0.2) is 12.3 Å². The molecule has 0 amide bonds. The lowest BCUT2D eigenvalue weighted by Gasteiger charge is -2.32. The van der Waals surface area contributed by atoms with Crippen molar-refractivity contribution in [1.82, 2.24) is 5.32 Å². The Hall–Kier alpha value is -0.470. The van der Waals surface area contributed by atoms with Crippen LogP contribution in [0.15, 0.2) is 29.2 Å². The molecule has 18 heavy (non-hydrogen) atoms. The Balaban J connectivity index is 2.84. The standard InChI is InChI=1S/C16H27NS/c1-6-12-17-15(16(3,4)5)13-8-10-14(11-9-13)18-7-2/h8-11,15,17H,6-7,12H2,1-5H3. The molecule has 0 saturated carbocycles. The normalized spacial score (nSPS) is 13.6. The van der Waals surface area contributed by atoms with Gasteiger partial charge in [0.2, 0.25) is 0 Å². The topological polar surface area (TPSA) is 12.0 Å². The van der Waals surface area contributed by atoms with Gasteiger partial charge in [-0.05, 0) is 41.8 Å². The molecule has 1 unspecified atom stereocenters. The van der Waals surface area contributed by atoms with Crippen LogP contribution in [0.4, 0.5) is 0 Å². The second-order valence-corrected chi connectivity index (χ2v) is 7.09. The summed E-state index contributed by atoms with van der Waals surface area (Å²) in [5, 5.41) is 3.67. The Morgan fingerprint density at radius 1 is 1.11 bits per heavy atom. The number of nitrogens with one attached hydrogen (secondary N) is 1. The average molecular weight is 265 g/mol. The molecular weight excluding hydrogens is 238 g/mol. The third-order valence-corrected chi connectivity index (χ3v) is 3.88. The average Bonchev–Trinajstić information content (AvgIpc) is 2.30. The van der Waals surface area contributed by atoms with Crippen LogP contribution in [0.1, 0.15) is 52.6 Å². The molecule has 0 spiro atoms. The summed E-state index contributed by atoms with van der Waals surface area (Å²) in [5.41, 5.74) is 1.64. The predicted octanol–water partition coefficient (Wildman–Crippen LogP) is 4.89. The molecule has 0 radical (unpaired) electrons. The predicted molar refractivity (Wildman–Crippen MR) is 83.3 cm³/mol. The van der Waals surface area contributed by atoms with Gasteiger partial charge in [0.1, 0.15) is 0 Å². The van der Waals surface area contributed by atoms with Gasteiger partial charge in [-0.15, -0.1) is 11.8 Å². The molecule has 1 atom stereocenters. The molecule has 0 saturated heterocycles. The first-order valence-electron chi connectivity index (χ1n) is 6.95. The van der Waals surface area contributed by atoms with Crippen LogP contribution in [0.25, 0.3) is 0 Å². The van der Waals surface area contributed by atoms with Crippen LogP contribution in [0.3, 0.4) is 0 Å². The van der Waals surface area contributed by atoms with E-state index in [1.165, 1.54) is 16.9 Å². The summed E-state index contributed by atoms with van der Waals surface area (Å²) in [4.78, 5) is 1.37. The maximum Gasteiger partial charge on any atom is 0.0369 e. The molecular formula is C16H27NS. The Morgan fingerprint density at radius 3 is 2.17 bits per heavy atom. The monoisotopic (exact) mass is 265 g/mol. The fraction of sp³-hybridized carbons (Fsp3) is 0.625. The second-order valence-electron chi connectivity index (χ2n) is 5.76. The fourth-order valence-electron chi connectivity index (χ4n) is 2.14. The van der Waals surface area contributed by atoms with E-state index in [0.29, 0.717) is 6.04 Å². The number of rotatable bonds is 6. The molecule has 1 N–H and O–H groups in total. The van der Waals surface area contributed by atoms with E-state index in [4.69, 9.17) is 0 Å². The van der Waals surface area contributed by atoms with E-state index in [9.17, 15) is 0 Å². The molecule has 0 bridgehead atoms. The van der Waals surface area contributed by atoms with Crippen molar-refractivity contribution in [2.45, 2.75) is 52.0 Å². The largest absolute Gasteiger partial charge is 0.309 e. The van der Waals surface area contributed by atoms with E-state index in [0.717, 1.165) is 12.3 Å². The van der Waals surface area contributed by atoms with Gasteiger partial charge >= 0.3 is 0 Å². The summed E-state index contributed by atoms with van der Waals surface area (Å²) < 4.78 is 0. The van der Waals surface area contributed by atoms with Gasteiger partial charge in [-0.25, -0.2) is 0 Å². The summed E-state index contributed by atoms with van der Waals surface area (Å²) >= 11 is 1.90. The molecule has 1 aromatic rings. The van der Waals surface area contributed by atoms with Gasteiger partial charge in [0.05, 0.1) is 0 Å². The van der Waals surface area contributed by atoms with Crippen molar-refractivity contribution in [1.29, 1.82) is 0 Å². The molecule has 0 aliphatic carbocycles. The van der Waals surface area contributed by atoms with E-state index >= 15 is 0 Å². The van der Waals surface area contributed by atoms with Crippen LogP contribution in [0.5, 0.6) is 0 Å². The first-order chi connectivity index (χ1) is 8.49. The van der Waals surface area contributed by atoms with Crippen molar-refractivity contribution in [3.63, 3.8) is 0 Å². The Morgan fingerprint density at radius 2 is 1.72 bits per heavy atom. The van der Waals surface area contributed by atoms with Crippen LogP contribution < -0.4 is 5.32 Å². The number of benzene rings is 1. The van der Waals surface area contributed by atoms with E-state index in [-0.39, 0.29) is 5.41 Å². The highest BCUT2D eigenvalue weighted by atomic mass is 32.2. The van der Waals surface area contributed by atoms with E-state index in [1.807, 2.05) is 11.8 Å². The van der Waals surface area contributed by atoms with E-state index in [1.54, 1.807) is 0 Å². The van der Waals surface area contributed by atoms with Crippen molar-refractivity contribution in [3.8, 4) is 0 Å². The number of hydrogen-bond donors (Lipinski definition) is 1. The molecule has 2 heteroatoms. The van der Waals surface area contributed by atoms with Crippen LogP contribution in [0.2, 0.25) is 0 Å². The van der Waals surface area contributed by atoms with Crippen molar-refractivity contribution < 1.29 is 0 Å². The molecule has 102 valence electrons. The molecule has 0 aliphatic rings. The Labute approximate surface area is 117 Å². The molecule has 1 rings (SSSR count). The smallest absolute Gasteiger partial charge is 0.0369 e.